The molecule has 0 aliphatic heterocycles. The molecule has 19 nitrogen and oxygen atoms in total. The van der Waals surface area contributed by atoms with Gasteiger partial charge in [-0.05, 0) is 47.5 Å². The highest BCUT2D eigenvalue weighted by molar-refractivity contribution is 6.04. The second kappa shape index (κ2) is 21.8. The largest absolute Gasteiger partial charge is 0.506 e. The average molecular weight is 867 g/mol. The van der Waals surface area contributed by atoms with Crippen LogP contribution >= 0.6 is 0 Å². The fourth-order valence-electron chi connectivity index (χ4n) is 5.76. The third-order valence-electron chi connectivity index (χ3n) is 9.07. The van der Waals surface area contributed by atoms with E-state index >= 15 is 0 Å². The van der Waals surface area contributed by atoms with Gasteiger partial charge in [0.05, 0.1) is 42.9 Å². The summed E-state index contributed by atoms with van der Waals surface area (Å²) in [6.07, 6.45) is 0. The Morgan fingerprint density at radius 3 is 1.44 bits per heavy atom. The van der Waals surface area contributed by atoms with E-state index < -0.39 is 70.1 Å². The molecule has 6 aromatic rings. The maximum Gasteiger partial charge on any atom is 0.345 e. The number of nitrogens with one attached hydrogen (secondary N) is 1. The minimum Gasteiger partial charge on any atom is -0.506 e. The number of amides is 1. The molecule has 4 aromatic carbocycles. The maximum atomic E-state index is 12.7. The van der Waals surface area contributed by atoms with Gasteiger partial charge in [0.2, 0.25) is 0 Å². The van der Waals surface area contributed by atoms with Gasteiger partial charge < -0.3 is 54.5 Å². The number of carboxylic acids is 1. The van der Waals surface area contributed by atoms with E-state index in [0.29, 0.717) is 6.61 Å². The van der Waals surface area contributed by atoms with Crippen LogP contribution in [0.5, 0.6) is 11.5 Å². The number of benzene rings is 4. The third kappa shape index (κ3) is 11.7. The Morgan fingerprint density at radius 1 is 0.619 bits per heavy atom. The maximum absolute atomic E-state index is 12.7. The molecule has 0 fully saturated rings. The third-order valence-corrected chi connectivity index (χ3v) is 9.07. The molecule has 0 spiro atoms. The van der Waals surface area contributed by atoms with Crippen molar-refractivity contribution in [3.63, 3.8) is 0 Å². The molecule has 6 N–H and O–H groups in total. The lowest BCUT2D eigenvalue weighted by Crippen LogP contribution is -2.35. The highest BCUT2D eigenvalue weighted by atomic mass is 16.5. The van der Waals surface area contributed by atoms with E-state index in [4.69, 9.17) is 20.3 Å². The lowest BCUT2D eigenvalue weighted by atomic mass is 10.1. The zero-order valence-electron chi connectivity index (χ0n) is 34.3. The molecule has 0 saturated carbocycles. The molecule has 63 heavy (non-hydrogen) atoms. The second-order valence-electron chi connectivity index (χ2n) is 13.1. The molecule has 0 unspecified atom stereocenters. The predicted octanol–water partition coefficient (Wildman–Crippen LogP) is 2.92. The molecular formula is C44H42N4O15. The molecule has 0 bridgehead atoms. The number of aryl methyl sites for hydroxylation is 2. The Bertz CT molecular complexity index is 2800. The molecule has 0 aliphatic rings. The monoisotopic (exact) mass is 866 g/mol. The van der Waals surface area contributed by atoms with E-state index in [-0.39, 0.29) is 52.1 Å². The second-order valence-corrected chi connectivity index (χ2v) is 13.1. The summed E-state index contributed by atoms with van der Waals surface area (Å²) in [5.74, 6) is -5.88. The van der Waals surface area contributed by atoms with E-state index in [2.05, 4.69) is 14.8 Å². The first-order valence-corrected chi connectivity index (χ1v) is 18.5. The number of aromatic hydroxyl groups is 2. The summed E-state index contributed by atoms with van der Waals surface area (Å²) in [5, 5.41) is 32.0. The predicted molar refractivity (Wildman–Crippen MR) is 225 cm³/mol. The Kier molecular flexibility index (Phi) is 16.4. The Morgan fingerprint density at radius 2 is 1.03 bits per heavy atom. The molecule has 0 atom stereocenters. The number of nitrogens with zero attached hydrogens (tertiary/aromatic N) is 2. The van der Waals surface area contributed by atoms with Crippen LogP contribution in [0.1, 0.15) is 52.6 Å². The smallest absolute Gasteiger partial charge is 0.345 e. The summed E-state index contributed by atoms with van der Waals surface area (Å²) in [5.41, 5.74) is 4.81. The topological polar surface area (TPSA) is 282 Å². The van der Waals surface area contributed by atoms with Crippen LogP contribution in [0.2, 0.25) is 0 Å². The Hall–Kier alpha value is -8.32. The number of carbonyl (C=O) groups excluding carboxylic acids is 5. The van der Waals surface area contributed by atoms with Crippen LogP contribution in [-0.4, -0.2) is 87.5 Å². The molecule has 328 valence electrons. The van der Waals surface area contributed by atoms with Crippen molar-refractivity contribution in [2.75, 3.05) is 27.3 Å². The average Bonchev–Trinajstić information content (AvgIpc) is 3.30. The van der Waals surface area contributed by atoms with Crippen molar-refractivity contribution in [1.29, 1.82) is 0 Å². The highest BCUT2D eigenvalue weighted by Crippen LogP contribution is 2.28. The molecule has 19 heteroatoms. The fourth-order valence-corrected chi connectivity index (χ4v) is 5.76. The minimum atomic E-state index is -1.51. The lowest BCUT2D eigenvalue weighted by molar-refractivity contribution is -0.144. The highest BCUT2D eigenvalue weighted by Gasteiger charge is 2.24. The molecule has 2 heterocycles. The number of ether oxygens (including phenoxy) is 4. The molecule has 0 saturated heterocycles. The summed E-state index contributed by atoms with van der Waals surface area (Å²) < 4.78 is 21.3. The normalized spacial score (nSPS) is 10.3. The fraction of sp³-hybridized carbons (Fsp3) is 0.182. The van der Waals surface area contributed by atoms with Crippen molar-refractivity contribution in [1.82, 2.24) is 14.5 Å². The van der Waals surface area contributed by atoms with Gasteiger partial charge in [0, 0.05) is 24.9 Å². The molecule has 0 aliphatic carbocycles. The van der Waals surface area contributed by atoms with E-state index in [1.807, 2.05) is 36.4 Å². The van der Waals surface area contributed by atoms with Gasteiger partial charge in [-0.1, -0.05) is 60.7 Å². The number of methoxy groups -OCH3 is 2. The summed E-state index contributed by atoms with van der Waals surface area (Å²) >= 11 is 0. The first-order chi connectivity index (χ1) is 30.0. The number of aromatic nitrogens is 2. The number of esters is 4. The summed E-state index contributed by atoms with van der Waals surface area (Å²) in [6, 6.07) is 26.8. The van der Waals surface area contributed by atoms with Gasteiger partial charge in [0.1, 0.15) is 36.8 Å². The van der Waals surface area contributed by atoms with Gasteiger partial charge >= 0.3 is 29.8 Å². The van der Waals surface area contributed by atoms with Crippen molar-refractivity contribution in [3.05, 3.63) is 151 Å². The number of carboxylic acid groups (broad SMARTS) is 1. The zero-order valence-corrected chi connectivity index (χ0v) is 34.3. The van der Waals surface area contributed by atoms with Gasteiger partial charge in [-0.3, -0.25) is 24.0 Å². The number of fused-ring (bicyclic) bond motifs is 2. The van der Waals surface area contributed by atoms with E-state index in [1.165, 1.54) is 64.7 Å². The van der Waals surface area contributed by atoms with Crippen LogP contribution in [0.4, 0.5) is 0 Å². The van der Waals surface area contributed by atoms with Crippen LogP contribution in [0.15, 0.2) is 107 Å². The Labute approximate surface area is 357 Å². The molecule has 6 rings (SSSR count). The molecule has 2 aromatic heterocycles. The standard InChI is InChI=1S/C22H20N2O7.C13H11NO6.C9H11NO2/c1-24-16-10-14(22(29)30-2)8-9-15(16)19(26)18(21(24)28)20(27)23-11-17(25)31-12-13-6-4-3-5-7-13;1-14-8-5-6(13(19)20-2)3-4-7(8)10(15)9(11(14)16)12(17)18;10-6-9(11)12-7-8-4-2-1-3-5-8/h3-10,26H,11-12H2,1-2H3,(H,23,27);3-5,15H,1-2H3,(H,17,18);1-5H,6-7,10H2. The minimum absolute atomic E-state index is 0.0427. The Balaban J connectivity index is 0.000000232. The number of hydrogen-bond donors (Lipinski definition) is 5. The van der Waals surface area contributed by atoms with Crippen molar-refractivity contribution in [3.8, 4) is 11.5 Å². The molecular weight excluding hydrogens is 824 g/mol. The van der Waals surface area contributed by atoms with Gasteiger partial charge in [0.15, 0.2) is 5.56 Å². The molecule has 1 amide bonds. The number of nitrogens with two attached hydrogens (primary N) is 1. The lowest BCUT2D eigenvalue weighted by Gasteiger charge is -2.13. The van der Waals surface area contributed by atoms with E-state index in [0.717, 1.165) is 20.3 Å². The van der Waals surface area contributed by atoms with Crippen LogP contribution in [-0.2, 0) is 55.8 Å². The number of aromatic carboxylic acids is 1. The van der Waals surface area contributed by atoms with Gasteiger partial charge in [0.25, 0.3) is 17.0 Å². The van der Waals surface area contributed by atoms with Crippen LogP contribution < -0.4 is 22.2 Å². The van der Waals surface area contributed by atoms with Crippen molar-refractivity contribution in [2.45, 2.75) is 13.2 Å². The van der Waals surface area contributed by atoms with Crippen LogP contribution in [0.25, 0.3) is 21.8 Å². The summed E-state index contributed by atoms with van der Waals surface area (Å²) in [4.78, 5) is 93.8. The van der Waals surface area contributed by atoms with E-state index in [1.54, 1.807) is 24.3 Å². The summed E-state index contributed by atoms with van der Waals surface area (Å²) in [6.45, 7) is -0.196. The zero-order chi connectivity index (χ0) is 46.4. The first kappa shape index (κ1) is 47.4. The summed E-state index contributed by atoms with van der Waals surface area (Å²) in [7, 11) is 5.20. The SMILES string of the molecule is COC(=O)c1ccc2c(O)c(C(=O)NCC(=O)OCc3ccccc3)c(=O)n(C)c2c1.COC(=O)c1ccc2c(O)c(C(=O)O)c(=O)n(C)c2c1.NCC(=O)OCc1ccccc1. The van der Waals surface area contributed by atoms with Gasteiger partial charge in [-0.15, -0.1) is 0 Å². The van der Waals surface area contributed by atoms with Gasteiger partial charge in [-0.25, -0.2) is 14.4 Å². The van der Waals surface area contributed by atoms with Crippen molar-refractivity contribution >= 4 is 57.6 Å². The number of carbonyl (C=O) groups is 6. The number of rotatable bonds is 11. The van der Waals surface area contributed by atoms with Crippen LogP contribution in [0, 0.1) is 0 Å². The quantitative estimate of drug-likeness (QED) is 0.0924. The first-order valence-electron chi connectivity index (χ1n) is 18.5. The van der Waals surface area contributed by atoms with Crippen molar-refractivity contribution < 1.29 is 63.0 Å². The van der Waals surface area contributed by atoms with Crippen molar-refractivity contribution in [2.24, 2.45) is 19.8 Å². The van der Waals surface area contributed by atoms with Crippen LogP contribution in [0.3, 0.4) is 0 Å². The van der Waals surface area contributed by atoms with E-state index in [9.17, 15) is 48.6 Å². The molecule has 0 radical (unpaired) electrons. The number of pyridine rings is 2. The van der Waals surface area contributed by atoms with Gasteiger partial charge in [-0.2, -0.15) is 0 Å². The number of hydrogen-bond acceptors (Lipinski definition) is 15.